The van der Waals surface area contributed by atoms with Crippen LogP contribution >= 0.6 is 0 Å². The smallest absolute Gasteiger partial charge is 0.293 e. The quantitative estimate of drug-likeness (QED) is 0.694. The number of aryl methyl sites for hydroxylation is 1. The summed E-state index contributed by atoms with van der Waals surface area (Å²) in [6.07, 6.45) is 3.85. The van der Waals surface area contributed by atoms with Gasteiger partial charge in [-0.1, -0.05) is 18.2 Å². The lowest BCUT2D eigenvalue weighted by atomic mass is 9.74. The summed E-state index contributed by atoms with van der Waals surface area (Å²) in [5.41, 5.74) is 0.143. The van der Waals surface area contributed by atoms with Crippen molar-refractivity contribution < 1.29 is 14.1 Å². The molecule has 9 nitrogen and oxygen atoms in total. The van der Waals surface area contributed by atoms with Gasteiger partial charge in [-0.05, 0) is 18.1 Å². The van der Waals surface area contributed by atoms with Crippen LogP contribution in [0.3, 0.4) is 0 Å². The lowest BCUT2D eigenvalue weighted by molar-refractivity contribution is -0.121. The zero-order valence-electron chi connectivity index (χ0n) is 15.0. The molecule has 2 amide bonds. The number of benzene rings is 1. The van der Waals surface area contributed by atoms with E-state index in [2.05, 4.69) is 15.5 Å². The van der Waals surface area contributed by atoms with Crippen LogP contribution in [0.15, 0.2) is 52.0 Å². The number of carbonyl (C=O) groups is 2. The molecular formula is C19H17N5O4. The maximum absolute atomic E-state index is 13.2. The molecule has 2 aromatic heterocycles. The standard InChI is InChI=1S/C19H17N5O4/c1-23-9-7-20-16(23)15-19(11-4-2-3-5-12(11)21-18(19)27)6-8-24(15)17(26)13-10-14(25)22-28-13/h2-5,7,9-10,15H,6,8H2,1H3,(H,21,27)(H,22,25)/t15-,19+/m0/s1. The number of carbonyl (C=O) groups excluding carboxylic acids is 2. The number of nitrogens with zero attached hydrogens (tertiary/aromatic N) is 3. The van der Waals surface area contributed by atoms with Gasteiger partial charge in [-0.15, -0.1) is 0 Å². The number of anilines is 1. The summed E-state index contributed by atoms with van der Waals surface area (Å²) >= 11 is 0. The number of imidazole rings is 1. The average Bonchev–Trinajstić information content (AvgIpc) is 3.43. The first-order valence-electron chi connectivity index (χ1n) is 8.90. The van der Waals surface area contributed by atoms with Crippen LogP contribution in [0.4, 0.5) is 5.69 Å². The Balaban J connectivity index is 1.69. The monoisotopic (exact) mass is 379 g/mol. The van der Waals surface area contributed by atoms with Crippen LogP contribution in [0.25, 0.3) is 0 Å². The minimum Gasteiger partial charge on any atom is -0.373 e. The number of likely N-dealkylation sites (tertiary alicyclic amines) is 1. The fraction of sp³-hybridized carbons (Fsp3) is 0.263. The summed E-state index contributed by atoms with van der Waals surface area (Å²) in [5.74, 6) is -0.114. The topological polar surface area (TPSA) is 113 Å². The molecule has 3 aromatic rings. The van der Waals surface area contributed by atoms with Crippen molar-refractivity contribution in [2.75, 3.05) is 11.9 Å². The largest absolute Gasteiger partial charge is 0.373 e. The average molecular weight is 379 g/mol. The molecule has 2 aliphatic heterocycles. The Morgan fingerprint density at radius 2 is 2.14 bits per heavy atom. The van der Waals surface area contributed by atoms with Gasteiger partial charge in [0, 0.05) is 31.7 Å². The van der Waals surface area contributed by atoms with Crippen LogP contribution in [-0.2, 0) is 17.3 Å². The van der Waals surface area contributed by atoms with Gasteiger partial charge in [0.25, 0.3) is 11.5 Å². The van der Waals surface area contributed by atoms with Crippen LogP contribution in [-0.4, -0.2) is 38.0 Å². The van der Waals surface area contributed by atoms with Crippen molar-refractivity contribution in [2.45, 2.75) is 17.9 Å². The van der Waals surface area contributed by atoms with E-state index in [-0.39, 0.29) is 11.7 Å². The number of H-pyrrole nitrogens is 1. The number of para-hydroxylation sites is 1. The van der Waals surface area contributed by atoms with Gasteiger partial charge in [0.05, 0.1) is 6.07 Å². The molecule has 1 fully saturated rings. The number of aromatic nitrogens is 3. The highest BCUT2D eigenvalue weighted by molar-refractivity contribution is 6.08. The summed E-state index contributed by atoms with van der Waals surface area (Å²) in [4.78, 5) is 43.8. The zero-order chi connectivity index (χ0) is 19.5. The van der Waals surface area contributed by atoms with E-state index < -0.39 is 22.9 Å². The van der Waals surface area contributed by atoms with Crippen LogP contribution in [0, 0.1) is 0 Å². The summed E-state index contributed by atoms with van der Waals surface area (Å²) in [5, 5.41) is 5.09. The first-order chi connectivity index (χ1) is 13.5. The highest BCUT2D eigenvalue weighted by Crippen LogP contribution is 2.54. The molecule has 0 unspecified atom stereocenters. The van der Waals surface area contributed by atoms with Gasteiger partial charge in [0.2, 0.25) is 11.7 Å². The zero-order valence-corrected chi connectivity index (χ0v) is 15.0. The second-order valence-electron chi connectivity index (χ2n) is 7.10. The van der Waals surface area contributed by atoms with E-state index in [0.717, 1.165) is 17.3 Å². The third kappa shape index (κ3) is 2.07. The summed E-state index contributed by atoms with van der Waals surface area (Å²) < 4.78 is 6.83. The predicted molar refractivity (Wildman–Crippen MR) is 97.7 cm³/mol. The summed E-state index contributed by atoms with van der Waals surface area (Å²) in [7, 11) is 1.83. The number of hydrogen-bond acceptors (Lipinski definition) is 5. The van der Waals surface area contributed by atoms with E-state index in [1.54, 1.807) is 21.9 Å². The van der Waals surface area contributed by atoms with Crippen molar-refractivity contribution in [3.8, 4) is 0 Å². The van der Waals surface area contributed by atoms with Gasteiger partial charge >= 0.3 is 0 Å². The molecule has 4 heterocycles. The van der Waals surface area contributed by atoms with Crippen LogP contribution in [0.1, 0.15) is 34.4 Å². The molecule has 1 saturated heterocycles. The van der Waals surface area contributed by atoms with Crippen LogP contribution < -0.4 is 10.9 Å². The second-order valence-corrected chi connectivity index (χ2v) is 7.10. The molecule has 2 atom stereocenters. The van der Waals surface area contributed by atoms with Crippen molar-refractivity contribution >= 4 is 17.5 Å². The summed E-state index contributed by atoms with van der Waals surface area (Å²) in [6.45, 7) is 0.326. The number of nitrogens with one attached hydrogen (secondary N) is 2. The van der Waals surface area contributed by atoms with E-state index in [1.807, 2.05) is 31.3 Å². The SMILES string of the molecule is Cn1ccnc1[C@@H]1N(C(=O)c2cc(=O)[nH]o2)CC[C@]12C(=O)Nc1ccccc12. The molecule has 28 heavy (non-hydrogen) atoms. The normalized spacial score (nSPS) is 23.2. The van der Waals surface area contributed by atoms with Gasteiger partial charge < -0.3 is 19.3 Å². The predicted octanol–water partition coefficient (Wildman–Crippen LogP) is 1.18. The lowest BCUT2D eigenvalue weighted by Crippen LogP contribution is -2.43. The second kappa shape index (κ2) is 5.69. The van der Waals surface area contributed by atoms with Gasteiger partial charge in [0.15, 0.2) is 0 Å². The maximum atomic E-state index is 13.2. The van der Waals surface area contributed by atoms with E-state index in [9.17, 15) is 14.4 Å². The van der Waals surface area contributed by atoms with E-state index in [0.29, 0.717) is 18.8 Å². The van der Waals surface area contributed by atoms with E-state index in [1.165, 1.54) is 0 Å². The van der Waals surface area contributed by atoms with Gasteiger partial charge in [0.1, 0.15) is 17.3 Å². The number of aromatic amines is 1. The number of hydrogen-bond donors (Lipinski definition) is 2. The molecule has 2 N–H and O–H groups in total. The fourth-order valence-corrected chi connectivity index (χ4v) is 4.44. The van der Waals surface area contributed by atoms with Crippen molar-refractivity contribution in [2.24, 2.45) is 7.05 Å². The number of amides is 2. The van der Waals surface area contributed by atoms with Crippen molar-refractivity contribution in [3.63, 3.8) is 0 Å². The Kier molecular flexibility index (Phi) is 3.36. The molecule has 0 aliphatic carbocycles. The Hall–Kier alpha value is -3.62. The number of fused-ring (bicyclic) bond motifs is 2. The Labute approximate surface area is 158 Å². The van der Waals surface area contributed by atoms with Gasteiger partial charge in [-0.25, -0.2) is 4.98 Å². The highest BCUT2D eigenvalue weighted by Gasteiger charge is 2.60. The Morgan fingerprint density at radius 1 is 1.32 bits per heavy atom. The minimum atomic E-state index is -0.956. The molecule has 2 aliphatic rings. The van der Waals surface area contributed by atoms with Crippen molar-refractivity contribution in [1.29, 1.82) is 0 Å². The first-order valence-corrected chi connectivity index (χ1v) is 8.90. The molecule has 0 bridgehead atoms. The molecule has 0 radical (unpaired) electrons. The highest BCUT2D eigenvalue weighted by atomic mass is 16.5. The minimum absolute atomic E-state index is 0.0899. The van der Waals surface area contributed by atoms with Crippen LogP contribution in [0.2, 0.25) is 0 Å². The molecule has 1 spiro atoms. The maximum Gasteiger partial charge on any atom is 0.293 e. The fourth-order valence-electron chi connectivity index (χ4n) is 4.44. The third-order valence-corrected chi connectivity index (χ3v) is 5.69. The molecular weight excluding hydrogens is 362 g/mol. The Morgan fingerprint density at radius 3 is 2.86 bits per heavy atom. The van der Waals surface area contributed by atoms with E-state index in [4.69, 9.17) is 4.52 Å². The molecule has 5 rings (SSSR count). The number of rotatable bonds is 2. The molecule has 1 aromatic carbocycles. The Bertz CT molecular complexity index is 1160. The van der Waals surface area contributed by atoms with E-state index >= 15 is 0 Å². The van der Waals surface area contributed by atoms with Crippen LogP contribution in [0.5, 0.6) is 0 Å². The van der Waals surface area contributed by atoms with Gasteiger partial charge in [-0.3, -0.25) is 14.4 Å². The molecule has 0 saturated carbocycles. The summed E-state index contributed by atoms with van der Waals surface area (Å²) in [6, 6.07) is 7.99. The van der Waals surface area contributed by atoms with Gasteiger partial charge in [-0.2, -0.15) is 5.16 Å². The molecule has 142 valence electrons. The van der Waals surface area contributed by atoms with Crippen molar-refractivity contribution in [1.82, 2.24) is 19.6 Å². The lowest BCUT2D eigenvalue weighted by Gasteiger charge is -2.33. The first kappa shape index (κ1) is 16.5. The molecule has 9 heteroatoms. The third-order valence-electron chi connectivity index (χ3n) is 5.69. The van der Waals surface area contributed by atoms with Crippen molar-refractivity contribution in [3.05, 3.63) is 70.2 Å².